The lowest BCUT2D eigenvalue weighted by Crippen LogP contribution is -2.33. The molecule has 0 aliphatic rings. The highest BCUT2D eigenvalue weighted by Gasteiger charge is 2.41. The minimum Gasteiger partial charge on any atom is -0.339 e. The summed E-state index contributed by atoms with van der Waals surface area (Å²) in [6.07, 6.45) is -3.82. The van der Waals surface area contributed by atoms with Gasteiger partial charge in [-0.05, 0) is 35.7 Å². The Labute approximate surface area is 205 Å². The molecule has 0 saturated carbocycles. The molecule has 0 atom stereocenters. The smallest absolute Gasteiger partial charge is 0.339 e. The molecule has 0 aliphatic carbocycles. The van der Waals surface area contributed by atoms with Crippen LogP contribution in [0.1, 0.15) is 27.3 Å². The largest absolute Gasteiger partial charge is 0.431 e. The minimum atomic E-state index is -4.82. The molecule has 0 saturated heterocycles. The molecule has 1 amide bonds. The van der Waals surface area contributed by atoms with Crippen molar-refractivity contribution in [1.82, 2.24) is 9.47 Å². The van der Waals surface area contributed by atoms with Crippen molar-refractivity contribution in [2.75, 3.05) is 25.6 Å². The lowest BCUT2D eigenvalue weighted by molar-refractivity contribution is -0.143. The van der Waals surface area contributed by atoms with E-state index in [0.717, 1.165) is 21.8 Å². The van der Waals surface area contributed by atoms with Gasteiger partial charge in [-0.1, -0.05) is 48.0 Å². The third-order valence-corrected chi connectivity index (χ3v) is 6.73. The van der Waals surface area contributed by atoms with Gasteiger partial charge < -0.3 is 9.47 Å². The first kappa shape index (κ1) is 26.7. The predicted octanol–water partition coefficient (Wildman–Crippen LogP) is 5.44. The number of carbonyl (C=O) groups is 1. The van der Waals surface area contributed by atoms with E-state index >= 15 is 0 Å². The van der Waals surface area contributed by atoms with E-state index in [0.29, 0.717) is 5.56 Å². The Bertz CT molecular complexity index is 1350. The van der Waals surface area contributed by atoms with E-state index in [9.17, 15) is 30.8 Å². The predicted molar refractivity (Wildman–Crippen MR) is 127 cm³/mol. The van der Waals surface area contributed by atoms with Crippen molar-refractivity contribution in [3.8, 4) is 11.1 Å². The summed E-state index contributed by atoms with van der Waals surface area (Å²) in [4.78, 5) is 14.6. The van der Waals surface area contributed by atoms with Crippen LogP contribution in [0.4, 0.5) is 17.6 Å². The van der Waals surface area contributed by atoms with E-state index in [4.69, 9.17) is 11.6 Å². The maximum Gasteiger partial charge on any atom is 0.431 e. The van der Waals surface area contributed by atoms with Crippen molar-refractivity contribution in [1.29, 1.82) is 0 Å². The molecule has 35 heavy (non-hydrogen) atoms. The number of sulfone groups is 1. The maximum absolute atomic E-state index is 14.3. The fourth-order valence-corrected chi connectivity index (χ4v) is 4.63. The summed E-state index contributed by atoms with van der Waals surface area (Å²) in [6.45, 7) is 0.745. The van der Waals surface area contributed by atoms with E-state index in [1.54, 1.807) is 30.3 Å². The molecule has 0 radical (unpaired) electrons. The van der Waals surface area contributed by atoms with Gasteiger partial charge in [-0.25, -0.2) is 12.8 Å². The number of halogens is 5. The fourth-order valence-electron chi connectivity index (χ4n) is 3.85. The Morgan fingerprint density at radius 2 is 1.74 bits per heavy atom. The van der Waals surface area contributed by atoms with Crippen LogP contribution in [0.3, 0.4) is 0 Å². The van der Waals surface area contributed by atoms with Crippen molar-refractivity contribution in [2.45, 2.75) is 19.6 Å². The zero-order valence-electron chi connectivity index (χ0n) is 19.2. The van der Waals surface area contributed by atoms with Crippen LogP contribution in [-0.4, -0.2) is 49.4 Å². The fraction of sp³-hybridized carbons (Fsp3) is 0.292. The van der Waals surface area contributed by atoms with Gasteiger partial charge in [0.15, 0.2) is 0 Å². The summed E-state index contributed by atoms with van der Waals surface area (Å²) in [6, 6.07) is 11.7. The molecule has 188 valence electrons. The molecule has 3 rings (SSSR count). The molecule has 0 aliphatic heterocycles. The number of amides is 1. The monoisotopic (exact) mass is 530 g/mol. The second kappa shape index (κ2) is 10.0. The SMILES string of the molecule is Cc1c(-c2ccc(F)c(Cl)c2)c(C(=O)N(C)CCS(C)(=O)=O)n(Cc2ccccc2)c1C(F)(F)F. The van der Waals surface area contributed by atoms with Crippen molar-refractivity contribution < 1.29 is 30.8 Å². The van der Waals surface area contributed by atoms with Crippen LogP contribution in [0.25, 0.3) is 11.1 Å². The van der Waals surface area contributed by atoms with Gasteiger partial charge in [0.1, 0.15) is 27.0 Å². The van der Waals surface area contributed by atoms with E-state index in [-0.39, 0.29) is 46.2 Å². The molecule has 5 nitrogen and oxygen atoms in total. The maximum atomic E-state index is 14.3. The van der Waals surface area contributed by atoms with E-state index < -0.39 is 33.4 Å². The third-order valence-electron chi connectivity index (χ3n) is 5.51. The second-order valence-corrected chi connectivity index (χ2v) is 10.9. The van der Waals surface area contributed by atoms with E-state index in [1.807, 2.05) is 0 Å². The quantitative estimate of drug-likeness (QED) is 0.382. The number of rotatable bonds is 7. The van der Waals surface area contributed by atoms with Crippen LogP contribution >= 0.6 is 11.6 Å². The van der Waals surface area contributed by atoms with Gasteiger partial charge in [0, 0.05) is 32.0 Å². The summed E-state index contributed by atoms with van der Waals surface area (Å²) in [5.74, 6) is -1.93. The van der Waals surface area contributed by atoms with Gasteiger partial charge in [0.25, 0.3) is 5.91 Å². The number of nitrogens with zero attached hydrogens (tertiary/aromatic N) is 2. The van der Waals surface area contributed by atoms with Crippen LogP contribution in [0.5, 0.6) is 0 Å². The van der Waals surface area contributed by atoms with Crippen LogP contribution in [0.15, 0.2) is 48.5 Å². The normalized spacial score (nSPS) is 12.1. The summed E-state index contributed by atoms with van der Waals surface area (Å²) >= 11 is 5.91. The topological polar surface area (TPSA) is 59.4 Å². The molecule has 0 spiro atoms. The second-order valence-electron chi connectivity index (χ2n) is 8.25. The first-order valence-corrected chi connectivity index (χ1v) is 12.9. The number of benzene rings is 2. The zero-order chi connectivity index (χ0) is 26.1. The number of hydrogen-bond acceptors (Lipinski definition) is 3. The molecule has 1 heterocycles. The summed E-state index contributed by atoms with van der Waals surface area (Å²) in [7, 11) is -2.12. The van der Waals surface area contributed by atoms with Crippen LogP contribution in [0, 0.1) is 12.7 Å². The zero-order valence-corrected chi connectivity index (χ0v) is 20.7. The Hall–Kier alpha value is -2.85. The number of carbonyl (C=O) groups excluding carboxylic acids is 1. The van der Waals surface area contributed by atoms with E-state index in [2.05, 4.69) is 0 Å². The minimum absolute atomic E-state index is 0.0497. The van der Waals surface area contributed by atoms with Gasteiger partial charge in [-0.3, -0.25) is 4.79 Å². The molecular formula is C24H23ClF4N2O3S. The average Bonchev–Trinajstić information content (AvgIpc) is 3.05. The lowest BCUT2D eigenvalue weighted by atomic mass is 10.00. The average molecular weight is 531 g/mol. The van der Waals surface area contributed by atoms with Gasteiger partial charge in [-0.2, -0.15) is 13.2 Å². The number of alkyl halides is 3. The van der Waals surface area contributed by atoms with Gasteiger partial charge in [0.2, 0.25) is 0 Å². The van der Waals surface area contributed by atoms with Gasteiger partial charge in [0.05, 0.1) is 10.8 Å². The number of aromatic nitrogens is 1. The number of hydrogen-bond donors (Lipinski definition) is 0. The first-order valence-electron chi connectivity index (χ1n) is 10.4. The molecule has 0 unspecified atom stereocenters. The molecule has 3 aromatic rings. The molecule has 0 fully saturated rings. The highest BCUT2D eigenvalue weighted by Crippen LogP contribution is 2.42. The van der Waals surface area contributed by atoms with Crippen molar-refractivity contribution in [3.05, 3.63) is 81.9 Å². The highest BCUT2D eigenvalue weighted by atomic mass is 35.5. The van der Waals surface area contributed by atoms with E-state index in [1.165, 1.54) is 26.1 Å². The van der Waals surface area contributed by atoms with Crippen molar-refractivity contribution in [2.24, 2.45) is 0 Å². The Balaban J connectivity index is 2.31. The molecular weight excluding hydrogens is 508 g/mol. The van der Waals surface area contributed by atoms with Crippen LogP contribution in [-0.2, 0) is 22.6 Å². The standard InChI is InChI=1S/C24H23ClF4N2O3S/c1-15-20(17-9-10-19(26)18(25)13-17)21(23(32)30(2)11-12-35(3,33)34)31(22(15)24(27,28)29)14-16-7-5-4-6-8-16/h4-10,13H,11-12,14H2,1-3H3. The Kier molecular flexibility index (Phi) is 7.66. The van der Waals surface area contributed by atoms with Gasteiger partial charge >= 0.3 is 6.18 Å². The molecule has 2 aromatic carbocycles. The van der Waals surface area contributed by atoms with Crippen LogP contribution < -0.4 is 0 Å². The first-order chi connectivity index (χ1) is 16.2. The van der Waals surface area contributed by atoms with Crippen molar-refractivity contribution in [3.63, 3.8) is 0 Å². The molecule has 0 N–H and O–H groups in total. The summed E-state index contributed by atoms with van der Waals surface area (Å²) < 4.78 is 80.9. The molecule has 11 heteroatoms. The lowest BCUT2D eigenvalue weighted by Gasteiger charge is -2.21. The molecule has 1 aromatic heterocycles. The Morgan fingerprint density at radius 3 is 2.29 bits per heavy atom. The summed E-state index contributed by atoms with van der Waals surface area (Å²) in [5.41, 5.74) is -0.952. The highest BCUT2D eigenvalue weighted by molar-refractivity contribution is 7.90. The molecule has 0 bridgehead atoms. The van der Waals surface area contributed by atoms with Gasteiger partial charge in [-0.15, -0.1) is 0 Å². The van der Waals surface area contributed by atoms with Crippen molar-refractivity contribution >= 4 is 27.3 Å². The third kappa shape index (κ3) is 6.05. The Morgan fingerprint density at radius 1 is 1.11 bits per heavy atom. The summed E-state index contributed by atoms with van der Waals surface area (Å²) in [5, 5.41) is -0.310. The van der Waals surface area contributed by atoms with Crippen LogP contribution in [0.2, 0.25) is 5.02 Å².